The summed E-state index contributed by atoms with van der Waals surface area (Å²) >= 11 is 0. The Morgan fingerprint density at radius 3 is 2.47 bits per heavy atom. The molecule has 0 aliphatic heterocycles. The zero-order chi connectivity index (χ0) is 22.3. The number of amides is 2. The van der Waals surface area contributed by atoms with Gasteiger partial charge in [0.25, 0.3) is 5.91 Å². The van der Waals surface area contributed by atoms with Crippen molar-refractivity contribution in [2.24, 2.45) is 0 Å². The van der Waals surface area contributed by atoms with E-state index in [1.807, 2.05) is 0 Å². The average Bonchev–Trinajstić information content (AvgIpc) is 2.67. The lowest BCUT2D eigenvalue weighted by Gasteiger charge is -2.19. The molecular weight excluding hydrogens is 408 g/mol. The molecule has 0 unspecified atom stereocenters. The molecule has 0 radical (unpaired) electrons. The number of alkyl halides is 2. The van der Waals surface area contributed by atoms with E-state index in [4.69, 9.17) is 4.74 Å². The molecule has 6 nitrogen and oxygen atoms in total. The number of ether oxygens (including phenoxy) is 2. The number of rotatable bonds is 9. The van der Waals surface area contributed by atoms with Crippen molar-refractivity contribution in [2.45, 2.75) is 20.1 Å². The third-order valence-electron chi connectivity index (χ3n) is 3.95. The largest absolute Gasteiger partial charge is 0.490 e. The summed E-state index contributed by atoms with van der Waals surface area (Å²) in [5.41, 5.74) is 0.189. The van der Waals surface area contributed by atoms with E-state index in [2.05, 4.69) is 10.1 Å². The smallest absolute Gasteiger partial charge is 0.387 e. The lowest BCUT2D eigenvalue weighted by molar-refractivity contribution is -0.129. The summed E-state index contributed by atoms with van der Waals surface area (Å²) in [5.74, 6) is -3.23. The highest BCUT2D eigenvalue weighted by molar-refractivity contribution is 5.96. The molecule has 2 amide bonds. The van der Waals surface area contributed by atoms with Crippen molar-refractivity contribution in [3.05, 3.63) is 59.2 Å². The molecule has 0 fully saturated rings. The van der Waals surface area contributed by atoms with Crippen molar-refractivity contribution in [3.8, 4) is 11.5 Å². The molecule has 10 heteroatoms. The van der Waals surface area contributed by atoms with E-state index >= 15 is 0 Å². The van der Waals surface area contributed by atoms with Crippen LogP contribution in [0.2, 0.25) is 0 Å². The van der Waals surface area contributed by atoms with Crippen LogP contribution in [0.15, 0.2) is 36.4 Å². The second-order valence-corrected chi connectivity index (χ2v) is 6.15. The van der Waals surface area contributed by atoms with Crippen molar-refractivity contribution in [1.82, 2.24) is 10.2 Å². The van der Waals surface area contributed by atoms with Crippen molar-refractivity contribution >= 4 is 11.8 Å². The number of likely N-dealkylation sites (N-methyl/N-ethyl adjacent to an activating group) is 1. The van der Waals surface area contributed by atoms with Gasteiger partial charge in [-0.3, -0.25) is 9.59 Å². The number of nitrogens with one attached hydrogen (secondary N) is 1. The maximum absolute atomic E-state index is 13.6. The maximum Gasteiger partial charge on any atom is 0.387 e. The molecule has 162 valence electrons. The Morgan fingerprint density at radius 2 is 1.83 bits per heavy atom. The second kappa shape index (κ2) is 10.5. The zero-order valence-corrected chi connectivity index (χ0v) is 16.3. The minimum atomic E-state index is -3.01. The van der Waals surface area contributed by atoms with Gasteiger partial charge < -0.3 is 19.7 Å². The Bertz CT molecular complexity index is 908. The van der Waals surface area contributed by atoms with Crippen LogP contribution in [0, 0.1) is 11.6 Å². The highest BCUT2D eigenvalue weighted by Crippen LogP contribution is 2.30. The molecule has 2 aromatic rings. The first kappa shape index (κ1) is 23.0. The van der Waals surface area contributed by atoms with Gasteiger partial charge in [0.1, 0.15) is 11.6 Å². The maximum atomic E-state index is 13.6. The molecule has 0 bridgehead atoms. The lowest BCUT2D eigenvalue weighted by Crippen LogP contribution is -2.38. The highest BCUT2D eigenvalue weighted by Gasteiger charge is 2.17. The van der Waals surface area contributed by atoms with Crippen LogP contribution in [-0.4, -0.2) is 43.5 Å². The van der Waals surface area contributed by atoms with Crippen LogP contribution in [0.3, 0.4) is 0 Å². The molecule has 1 N–H and O–H groups in total. The average molecular weight is 428 g/mol. The summed E-state index contributed by atoms with van der Waals surface area (Å²) in [6, 6.07) is 6.76. The molecule has 0 aliphatic carbocycles. The molecule has 30 heavy (non-hydrogen) atoms. The van der Waals surface area contributed by atoms with Gasteiger partial charge in [-0.2, -0.15) is 8.78 Å². The molecule has 0 saturated carbocycles. The fourth-order valence-corrected chi connectivity index (χ4v) is 2.53. The molecule has 2 rings (SSSR count). The highest BCUT2D eigenvalue weighted by atomic mass is 19.3. The third kappa shape index (κ3) is 6.36. The first-order valence-electron chi connectivity index (χ1n) is 8.89. The van der Waals surface area contributed by atoms with Crippen molar-refractivity contribution < 1.29 is 36.6 Å². The lowest BCUT2D eigenvalue weighted by atomic mass is 10.2. The first-order chi connectivity index (χ1) is 14.2. The summed E-state index contributed by atoms with van der Waals surface area (Å²) < 4.78 is 61.1. The normalized spacial score (nSPS) is 10.6. The number of benzene rings is 2. The Morgan fingerprint density at radius 1 is 1.10 bits per heavy atom. The predicted octanol–water partition coefficient (Wildman–Crippen LogP) is 3.35. The molecular formula is C20H20F4N2O4. The summed E-state index contributed by atoms with van der Waals surface area (Å²) in [6.45, 7) is -1.43. The van der Waals surface area contributed by atoms with Crippen molar-refractivity contribution in [1.29, 1.82) is 0 Å². The van der Waals surface area contributed by atoms with Crippen LogP contribution in [-0.2, 0) is 11.3 Å². The van der Waals surface area contributed by atoms with Crippen LogP contribution >= 0.6 is 0 Å². The molecule has 0 aliphatic rings. The van der Waals surface area contributed by atoms with Crippen LogP contribution in [0.4, 0.5) is 17.6 Å². The van der Waals surface area contributed by atoms with E-state index in [0.717, 1.165) is 12.1 Å². The monoisotopic (exact) mass is 428 g/mol. The second-order valence-electron chi connectivity index (χ2n) is 6.15. The minimum absolute atomic E-state index is 0.0919. The molecule has 0 atom stereocenters. The van der Waals surface area contributed by atoms with Gasteiger partial charge in [-0.15, -0.1) is 0 Å². The van der Waals surface area contributed by atoms with Gasteiger partial charge in [0.05, 0.1) is 18.7 Å². The first-order valence-corrected chi connectivity index (χ1v) is 8.89. The van der Waals surface area contributed by atoms with Gasteiger partial charge in [0.2, 0.25) is 5.91 Å². The van der Waals surface area contributed by atoms with Gasteiger partial charge in [0, 0.05) is 19.7 Å². The molecule has 0 spiro atoms. The Kier molecular flexibility index (Phi) is 8.02. The third-order valence-corrected chi connectivity index (χ3v) is 3.95. The number of hydrogen-bond donors (Lipinski definition) is 1. The topological polar surface area (TPSA) is 67.9 Å². The van der Waals surface area contributed by atoms with E-state index in [9.17, 15) is 27.2 Å². The zero-order valence-electron chi connectivity index (χ0n) is 16.3. The summed E-state index contributed by atoms with van der Waals surface area (Å²) in [5, 5.41) is 2.27. The van der Waals surface area contributed by atoms with Gasteiger partial charge in [-0.05, 0) is 36.8 Å². The van der Waals surface area contributed by atoms with Crippen LogP contribution < -0.4 is 14.8 Å². The fraction of sp³-hybridized carbons (Fsp3) is 0.300. The number of carbonyl (C=O) groups is 2. The van der Waals surface area contributed by atoms with Gasteiger partial charge in [-0.25, -0.2) is 8.78 Å². The quantitative estimate of drug-likeness (QED) is 0.622. The van der Waals surface area contributed by atoms with E-state index in [-0.39, 0.29) is 30.2 Å². The fourth-order valence-electron chi connectivity index (χ4n) is 2.53. The van der Waals surface area contributed by atoms with Gasteiger partial charge in [0.15, 0.2) is 11.5 Å². The molecule has 0 heterocycles. The van der Waals surface area contributed by atoms with E-state index in [1.165, 1.54) is 30.1 Å². The van der Waals surface area contributed by atoms with Crippen molar-refractivity contribution in [3.63, 3.8) is 0 Å². The van der Waals surface area contributed by atoms with Crippen LogP contribution in [0.5, 0.6) is 11.5 Å². The number of carbonyl (C=O) groups excluding carboxylic acids is 2. The predicted molar refractivity (Wildman–Crippen MR) is 99.4 cm³/mol. The Balaban J connectivity index is 1.97. The van der Waals surface area contributed by atoms with Gasteiger partial charge in [-0.1, -0.05) is 6.07 Å². The molecule has 2 aromatic carbocycles. The molecule has 0 saturated heterocycles. The number of hydrogen-bond acceptors (Lipinski definition) is 4. The van der Waals surface area contributed by atoms with E-state index in [0.29, 0.717) is 11.6 Å². The van der Waals surface area contributed by atoms with Crippen molar-refractivity contribution in [2.75, 3.05) is 20.2 Å². The van der Waals surface area contributed by atoms with E-state index in [1.54, 1.807) is 6.92 Å². The van der Waals surface area contributed by atoms with Crippen LogP contribution in [0.25, 0.3) is 0 Å². The summed E-state index contributed by atoms with van der Waals surface area (Å²) in [4.78, 5) is 25.5. The SMILES string of the molecule is CCOc1cc(CN(C)C(=O)CNC(=O)c2ccc(F)cc2F)ccc1OC(F)F. The van der Waals surface area contributed by atoms with Crippen LogP contribution in [0.1, 0.15) is 22.8 Å². The Hall–Kier alpha value is -3.30. The standard InChI is InChI=1S/C20H20F4N2O4/c1-3-29-17-8-12(4-7-16(17)30-20(23)24)11-26(2)18(27)10-25-19(28)14-6-5-13(21)9-15(14)22/h4-9,20H,3,10-11H2,1-2H3,(H,25,28). The van der Waals surface area contributed by atoms with E-state index < -0.39 is 36.6 Å². The summed E-state index contributed by atoms with van der Waals surface area (Å²) in [7, 11) is 1.47. The number of halogens is 4. The number of nitrogens with zero attached hydrogens (tertiary/aromatic N) is 1. The Labute approximate surface area is 170 Å². The summed E-state index contributed by atoms with van der Waals surface area (Å²) in [6.07, 6.45) is 0. The minimum Gasteiger partial charge on any atom is -0.490 e. The molecule has 0 aromatic heterocycles. The van der Waals surface area contributed by atoms with Gasteiger partial charge >= 0.3 is 6.61 Å².